The van der Waals surface area contributed by atoms with Crippen LogP contribution in [0.5, 0.6) is 0 Å². The highest BCUT2D eigenvalue weighted by atomic mass is 32.2. The highest BCUT2D eigenvalue weighted by Crippen LogP contribution is 2.22. The fourth-order valence-electron chi connectivity index (χ4n) is 2.61. The van der Waals surface area contributed by atoms with Gasteiger partial charge in [0.2, 0.25) is 11.8 Å². The van der Waals surface area contributed by atoms with Gasteiger partial charge in [-0.2, -0.15) is 0 Å². The van der Waals surface area contributed by atoms with E-state index in [-0.39, 0.29) is 42.1 Å². The van der Waals surface area contributed by atoms with Crippen LogP contribution in [-0.2, 0) is 19.4 Å². The molecule has 1 aromatic carbocycles. The number of rotatable bonds is 6. The summed E-state index contributed by atoms with van der Waals surface area (Å²) in [5.41, 5.74) is 7.20. The molecule has 1 aliphatic rings. The average molecular weight is 385 g/mol. The lowest BCUT2D eigenvalue weighted by Gasteiger charge is -2.10. The smallest absolute Gasteiger partial charge is 0.239 e. The molecular formula is C17H24N2O4S2. The van der Waals surface area contributed by atoms with Gasteiger partial charge in [0.05, 0.1) is 11.5 Å². The Labute approximate surface area is 153 Å². The number of nitrogens with one attached hydrogen (secondary N) is 2. The summed E-state index contributed by atoms with van der Waals surface area (Å²) in [7, 11) is -2.99. The van der Waals surface area contributed by atoms with E-state index in [2.05, 4.69) is 36.8 Å². The highest BCUT2D eigenvalue weighted by Gasteiger charge is 2.29. The Morgan fingerprint density at radius 1 is 1.16 bits per heavy atom. The molecule has 0 spiro atoms. The van der Waals surface area contributed by atoms with Crippen molar-refractivity contribution in [3.05, 3.63) is 29.3 Å². The molecule has 2 N–H and O–H groups in total. The molecule has 1 heterocycles. The molecule has 0 saturated carbocycles. The van der Waals surface area contributed by atoms with E-state index in [0.717, 1.165) is 4.90 Å². The maximum absolute atomic E-state index is 11.8. The number of sulfone groups is 1. The summed E-state index contributed by atoms with van der Waals surface area (Å²) in [6.07, 6.45) is 0.920. The molecule has 1 unspecified atom stereocenters. The van der Waals surface area contributed by atoms with Gasteiger partial charge in [-0.15, -0.1) is 11.8 Å². The Hall–Kier alpha value is -1.54. The first-order chi connectivity index (χ1) is 11.7. The van der Waals surface area contributed by atoms with Crippen molar-refractivity contribution in [2.75, 3.05) is 17.3 Å². The number of aryl methyl sites for hydroxylation is 2. The number of thioether (sulfide) groups is 1. The second-order valence-electron chi connectivity index (χ2n) is 6.41. The van der Waals surface area contributed by atoms with Crippen LogP contribution in [0.1, 0.15) is 30.4 Å². The van der Waals surface area contributed by atoms with Crippen LogP contribution < -0.4 is 10.9 Å². The summed E-state index contributed by atoms with van der Waals surface area (Å²) >= 11 is 1.59. The third-order valence-electron chi connectivity index (χ3n) is 4.22. The van der Waals surface area contributed by atoms with E-state index in [1.165, 1.54) is 11.1 Å². The average Bonchev–Trinajstić information content (AvgIpc) is 2.87. The minimum atomic E-state index is -2.99. The van der Waals surface area contributed by atoms with E-state index in [1.807, 2.05) is 6.07 Å². The van der Waals surface area contributed by atoms with Crippen LogP contribution in [0.2, 0.25) is 0 Å². The van der Waals surface area contributed by atoms with Crippen LogP contribution in [0, 0.1) is 19.8 Å². The summed E-state index contributed by atoms with van der Waals surface area (Å²) in [6, 6.07) is 6.18. The molecule has 8 heteroatoms. The van der Waals surface area contributed by atoms with Crippen molar-refractivity contribution in [2.45, 2.75) is 38.0 Å². The lowest BCUT2D eigenvalue weighted by atomic mass is 10.1. The van der Waals surface area contributed by atoms with Gasteiger partial charge in [0.1, 0.15) is 0 Å². The summed E-state index contributed by atoms with van der Waals surface area (Å²) in [6.45, 7) is 4.11. The van der Waals surface area contributed by atoms with Gasteiger partial charge in [-0.3, -0.25) is 20.4 Å². The first kappa shape index (κ1) is 19.8. The molecule has 0 aliphatic carbocycles. The molecule has 1 fully saturated rings. The van der Waals surface area contributed by atoms with Crippen LogP contribution >= 0.6 is 11.8 Å². The van der Waals surface area contributed by atoms with E-state index < -0.39 is 9.84 Å². The van der Waals surface area contributed by atoms with E-state index in [1.54, 1.807) is 11.8 Å². The minimum Gasteiger partial charge on any atom is -0.273 e. The monoisotopic (exact) mass is 384 g/mol. The number of carbonyl (C=O) groups is 2. The largest absolute Gasteiger partial charge is 0.273 e. The lowest BCUT2D eigenvalue weighted by Crippen LogP contribution is -2.42. The van der Waals surface area contributed by atoms with Crippen LogP contribution in [0.3, 0.4) is 0 Å². The predicted octanol–water partition coefficient (Wildman–Crippen LogP) is 1.76. The second kappa shape index (κ2) is 8.71. The number of hydrogen-bond donors (Lipinski definition) is 2. The molecule has 6 nitrogen and oxygen atoms in total. The van der Waals surface area contributed by atoms with E-state index in [4.69, 9.17) is 0 Å². The van der Waals surface area contributed by atoms with Gasteiger partial charge in [-0.25, -0.2) is 8.42 Å². The van der Waals surface area contributed by atoms with Gasteiger partial charge in [0.25, 0.3) is 0 Å². The van der Waals surface area contributed by atoms with E-state index in [9.17, 15) is 18.0 Å². The number of hydrazine groups is 1. The molecule has 2 rings (SSSR count). The number of benzene rings is 1. The van der Waals surface area contributed by atoms with Gasteiger partial charge in [-0.1, -0.05) is 6.07 Å². The molecule has 0 bridgehead atoms. The van der Waals surface area contributed by atoms with Crippen LogP contribution in [0.15, 0.2) is 23.1 Å². The van der Waals surface area contributed by atoms with Crippen molar-refractivity contribution >= 4 is 33.4 Å². The van der Waals surface area contributed by atoms with E-state index >= 15 is 0 Å². The molecular weight excluding hydrogens is 360 g/mol. The quantitative estimate of drug-likeness (QED) is 0.576. The van der Waals surface area contributed by atoms with Gasteiger partial charge in [0, 0.05) is 23.5 Å². The van der Waals surface area contributed by atoms with Crippen molar-refractivity contribution < 1.29 is 18.0 Å². The van der Waals surface area contributed by atoms with Crippen molar-refractivity contribution in [1.82, 2.24) is 10.9 Å². The molecule has 1 saturated heterocycles. The Balaban J connectivity index is 1.63. The van der Waals surface area contributed by atoms with Crippen LogP contribution in [0.4, 0.5) is 0 Å². The topological polar surface area (TPSA) is 92.3 Å². The first-order valence-corrected chi connectivity index (χ1v) is 11.0. The van der Waals surface area contributed by atoms with Gasteiger partial charge in [0.15, 0.2) is 9.84 Å². The molecule has 0 radical (unpaired) electrons. The number of carbonyl (C=O) groups excluding carboxylic acids is 2. The van der Waals surface area contributed by atoms with E-state index in [0.29, 0.717) is 12.2 Å². The van der Waals surface area contributed by atoms with Gasteiger partial charge in [-0.05, 0) is 49.4 Å². The van der Waals surface area contributed by atoms with Crippen molar-refractivity contribution in [2.24, 2.45) is 5.92 Å². The number of amides is 2. The van der Waals surface area contributed by atoms with Crippen LogP contribution in [0.25, 0.3) is 0 Å². The summed E-state index contributed by atoms with van der Waals surface area (Å²) in [5, 5.41) is 0. The zero-order valence-electron chi connectivity index (χ0n) is 14.5. The zero-order chi connectivity index (χ0) is 18.4. The minimum absolute atomic E-state index is 0.0565. The lowest BCUT2D eigenvalue weighted by molar-refractivity contribution is -0.129. The predicted molar refractivity (Wildman–Crippen MR) is 98.9 cm³/mol. The molecule has 1 aromatic rings. The zero-order valence-corrected chi connectivity index (χ0v) is 16.1. The van der Waals surface area contributed by atoms with Crippen molar-refractivity contribution in [3.8, 4) is 0 Å². The normalized spacial score (nSPS) is 18.7. The Bertz CT molecular complexity index is 747. The van der Waals surface area contributed by atoms with Gasteiger partial charge < -0.3 is 0 Å². The summed E-state index contributed by atoms with van der Waals surface area (Å²) < 4.78 is 22.7. The Morgan fingerprint density at radius 2 is 1.88 bits per heavy atom. The van der Waals surface area contributed by atoms with Crippen molar-refractivity contribution in [1.29, 1.82) is 0 Å². The molecule has 25 heavy (non-hydrogen) atoms. The molecule has 1 atom stereocenters. The molecule has 0 aromatic heterocycles. The second-order valence-corrected chi connectivity index (χ2v) is 9.81. The third kappa shape index (κ3) is 6.70. The SMILES string of the molecule is Cc1ccc(SCCC(=O)NNC(=O)CC2CCS(=O)(=O)C2)cc1C. The summed E-state index contributed by atoms with van der Waals surface area (Å²) in [5.74, 6) is 0.0576. The van der Waals surface area contributed by atoms with Crippen molar-refractivity contribution in [3.63, 3.8) is 0 Å². The van der Waals surface area contributed by atoms with Gasteiger partial charge >= 0.3 is 0 Å². The maximum atomic E-state index is 11.8. The highest BCUT2D eigenvalue weighted by molar-refractivity contribution is 7.99. The number of hydrogen-bond acceptors (Lipinski definition) is 5. The third-order valence-corrected chi connectivity index (χ3v) is 7.05. The first-order valence-electron chi connectivity index (χ1n) is 8.23. The van der Waals surface area contributed by atoms with Crippen LogP contribution in [-0.4, -0.2) is 37.5 Å². The standard InChI is InChI=1S/C17H24N2O4S2/c1-12-3-4-15(9-13(12)2)24-7-5-16(20)18-19-17(21)10-14-6-8-25(22,23)11-14/h3-4,9,14H,5-8,10-11H2,1-2H3,(H,18,20)(H,19,21). The Kier molecular flexibility index (Phi) is 6.89. The maximum Gasteiger partial charge on any atom is 0.239 e. The molecule has 138 valence electrons. The Morgan fingerprint density at radius 3 is 2.52 bits per heavy atom. The fraction of sp³-hybridized carbons (Fsp3) is 0.529. The molecule has 2 amide bonds. The fourth-order valence-corrected chi connectivity index (χ4v) is 5.42. The molecule has 1 aliphatic heterocycles. The summed E-state index contributed by atoms with van der Waals surface area (Å²) in [4.78, 5) is 24.6.